The molecule has 0 amide bonds. The third-order valence-corrected chi connectivity index (χ3v) is 2.45. The summed E-state index contributed by atoms with van der Waals surface area (Å²) in [5.74, 6) is 0. The first-order valence-electron chi connectivity index (χ1n) is 4.19. The molecule has 0 aromatic carbocycles. The Bertz CT molecular complexity index is 265. The van der Waals surface area contributed by atoms with Crippen molar-refractivity contribution in [1.82, 2.24) is 9.44 Å². The topological polar surface area (TPSA) is 78.4 Å². The highest BCUT2D eigenvalue weighted by Crippen LogP contribution is 2.12. The van der Waals surface area contributed by atoms with Crippen molar-refractivity contribution in [2.45, 2.75) is 19.0 Å². The Morgan fingerprint density at radius 2 is 1.73 bits per heavy atom. The van der Waals surface area contributed by atoms with E-state index in [2.05, 4.69) is 0 Å². The fourth-order valence-electron chi connectivity index (χ4n) is 0.671. The zero-order valence-electron chi connectivity index (χ0n) is 7.84. The maximum Gasteiger partial charge on any atom is 0.402 e. The number of aliphatic hydroxyl groups is 1. The fourth-order valence-corrected chi connectivity index (χ4v) is 1.54. The summed E-state index contributed by atoms with van der Waals surface area (Å²) in [7, 11) is -4.10. The van der Waals surface area contributed by atoms with Crippen LogP contribution < -0.4 is 9.44 Å². The second-order valence-corrected chi connectivity index (χ2v) is 4.35. The number of aliphatic hydroxyl groups excluding tert-OH is 1. The lowest BCUT2D eigenvalue weighted by atomic mass is 10.3. The van der Waals surface area contributed by atoms with Crippen LogP contribution in [0.2, 0.25) is 0 Å². The van der Waals surface area contributed by atoms with Crippen molar-refractivity contribution in [3.05, 3.63) is 0 Å². The number of alkyl halides is 3. The monoisotopic (exact) mass is 250 g/mol. The average Bonchev–Trinajstić information content (AvgIpc) is 2.09. The third-order valence-electron chi connectivity index (χ3n) is 1.34. The molecule has 0 unspecified atom stereocenters. The van der Waals surface area contributed by atoms with Crippen LogP contribution in [0.4, 0.5) is 13.2 Å². The Morgan fingerprint density at radius 3 is 2.20 bits per heavy atom. The van der Waals surface area contributed by atoms with E-state index in [1.165, 1.54) is 4.72 Å². The Morgan fingerprint density at radius 1 is 1.13 bits per heavy atom. The zero-order valence-corrected chi connectivity index (χ0v) is 8.66. The minimum Gasteiger partial charge on any atom is -0.396 e. The van der Waals surface area contributed by atoms with Gasteiger partial charge >= 0.3 is 6.18 Å². The van der Waals surface area contributed by atoms with Crippen LogP contribution >= 0.6 is 0 Å². The molecule has 9 heteroatoms. The molecule has 0 aliphatic heterocycles. The minimum absolute atomic E-state index is 0.00620. The van der Waals surface area contributed by atoms with E-state index in [4.69, 9.17) is 5.11 Å². The van der Waals surface area contributed by atoms with Crippen LogP contribution in [0.25, 0.3) is 0 Å². The number of nitrogens with one attached hydrogen (secondary N) is 2. The Balaban J connectivity index is 3.78. The molecule has 0 aliphatic carbocycles. The summed E-state index contributed by atoms with van der Waals surface area (Å²) < 4.78 is 59.9. The Labute approximate surface area is 85.9 Å². The Kier molecular flexibility index (Phi) is 6.10. The van der Waals surface area contributed by atoms with E-state index < -0.39 is 22.9 Å². The minimum atomic E-state index is -4.57. The van der Waals surface area contributed by atoms with Crippen LogP contribution in [-0.4, -0.2) is 39.4 Å². The van der Waals surface area contributed by atoms with E-state index in [0.29, 0.717) is 12.8 Å². The highest BCUT2D eigenvalue weighted by Gasteiger charge is 2.29. The van der Waals surface area contributed by atoms with E-state index in [1.807, 2.05) is 4.72 Å². The van der Waals surface area contributed by atoms with E-state index in [1.54, 1.807) is 0 Å². The molecule has 15 heavy (non-hydrogen) atoms. The first-order valence-corrected chi connectivity index (χ1v) is 5.67. The smallest absolute Gasteiger partial charge is 0.396 e. The van der Waals surface area contributed by atoms with Crippen molar-refractivity contribution in [2.24, 2.45) is 0 Å². The van der Waals surface area contributed by atoms with Crippen LogP contribution in [0.15, 0.2) is 0 Å². The average molecular weight is 250 g/mol. The van der Waals surface area contributed by atoms with Gasteiger partial charge in [0.15, 0.2) is 0 Å². The quantitative estimate of drug-likeness (QED) is 0.545. The molecular weight excluding hydrogens is 237 g/mol. The number of halogens is 3. The summed E-state index contributed by atoms with van der Waals surface area (Å²) >= 11 is 0. The van der Waals surface area contributed by atoms with Crippen LogP contribution in [0.3, 0.4) is 0 Å². The van der Waals surface area contributed by atoms with Gasteiger partial charge in [-0.1, -0.05) is 0 Å². The van der Waals surface area contributed by atoms with Gasteiger partial charge < -0.3 is 5.11 Å². The van der Waals surface area contributed by atoms with Crippen LogP contribution in [0, 0.1) is 0 Å². The van der Waals surface area contributed by atoms with Crippen LogP contribution in [0.1, 0.15) is 12.8 Å². The van der Waals surface area contributed by atoms with Gasteiger partial charge in [0.2, 0.25) is 0 Å². The lowest BCUT2D eigenvalue weighted by Crippen LogP contribution is -2.41. The van der Waals surface area contributed by atoms with Crippen molar-refractivity contribution in [3.63, 3.8) is 0 Å². The molecule has 0 aromatic heterocycles. The Hall–Kier alpha value is -0.380. The molecule has 0 aliphatic rings. The molecule has 0 spiro atoms. The van der Waals surface area contributed by atoms with Crippen molar-refractivity contribution < 1.29 is 26.7 Å². The van der Waals surface area contributed by atoms with Gasteiger partial charge in [-0.05, 0) is 12.8 Å². The van der Waals surface area contributed by atoms with Gasteiger partial charge in [-0.25, -0.2) is 4.72 Å². The molecular formula is C6H13F3N2O3S. The van der Waals surface area contributed by atoms with Crippen LogP contribution in [0.5, 0.6) is 0 Å². The maximum absolute atomic E-state index is 11.6. The summed E-state index contributed by atoms with van der Waals surface area (Å²) in [4.78, 5) is 0. The standard InChI is InChI=1S/C6H13F3N2O3S/c7-6(8,9)5-11-15(13,14)10-3-1-2-4-12/h10-12H,1-5H2. The molecule has 0 rings (SSSR count). The molecule has 3 N–H and O–H groups in total. The first-order chi connectivity index (χ1) is 6.77. The number of hydrogen-bond acceptors (Lipinski definition) is 3. The van der Waals surface area contributed by atoms with Crippen molar-refractivity contribution in [3.8, 4) is 0 Å². The third kappa shape index (κ3) is 9.91. The highest BCUT2D eigenvalue weighted by molar-refractivity contribution is 7.87. The molecule has 0 aromatic rings. The van der Waals surface area contributed by atoms with Gasteiger partial charge in [-0.15, -0.1) is 0 Å². The van der Waals surface area contributed by atoms with E-state index >= 15 is 0 Å². The second kappa shape index (κ2) is 6.26. The molecule has 0 saturated carbocycles. The molecule has 92 valence electrons. The predicted octanol–water partition coefficient (Wildman–Crippen LogP) is -0.255. The number of hydrogen-bond donors (Lipinski definition) is 3. The molecule has 5 nitrogen and oxygen atoms in total. The van der Waals surface area contributed by atoms with E-state index in [9.17, 15) is 21.6 Å². The van der Waals surface area contributed by atoms with E-state index in [-0.39, 0.29) is 13.2 Å². The van der Waals surface area contributed by atoms with Gasteiger partial charge in [0.25, 0.3) is 10.2 Å². The highest BCUT2D eigenvalue weighted by atomic mass is 32.2. The van der Waals surface area contributed by atoms with Gasteiger partial charge in [0.1, 0.15) is 6.54 Å². The summed E-state index contributed by atoms with van der Waals surface area (Å²) in [6, 6.07) is 0. The first kappa shape index (κ1) is 14.6. The van der Waals surface area contributed by atoms with Gasteiger partial charge in [0, 0.05) is 13.2 Å². The number of unbranched alkanes of at least 4 members (excludes halogenated alkanes) is 1. The number of rotatable bonds is 7. The molecule has 0 atom stereocenters. The summed E-state index contributed by atoms with van der Waals surface area (Å²) in [6.07, 6.45) is -3.81. The fraction of sp³-hybridized carbons (Fsp3) is 1.00. The van der Waals surface area contributed by atoms with Gasteiger partial charge in [0.05, 0.1) is 0 Å². The van der Waals surface area contributed by atoms with Crippen molar-refractivity contribution in [2.75, 3.05) is 19.7 Å². The lowest BCUT2D eigenvalue weighted by molar-refractivity contribution is -0.121. The summed E-state index contributed by atoms with van der Waals surface area (Å²) in [5.41, 5.74) is 0. The zero-order chi connectivity index (χ0) is 11.9. The van der Waals surface area contributed by atoms with Crippen LogP contribution in [-0.2, 0) is 10.2 Å². The SMILES string of the molecule is O=S(=O)(NCCCCO)NCC(F)(F)F. The van der Waals surface area contributed by atoms with E-state index in [0.717, 1.165) is 0 Å². The lowest BCUT2D eigenvalue weighted by Gasteiger charge is -2.09. The molecule has 0 fully saturated rings. The van der Waals surface area contributed by atoms with Crippen molar-refractivity contribution >= 4 is 10.2 Å². The summed E-state index contributed by atoms with van der Waals surface area (Å²) in [6.45, 7) is -1.69. The molecule has 0 radical (unpaired) electrons. The predicted molar refractivity (Wildman–Crippen MR) is 47.3 cm³/mol. The molecule has 0 heterocycles. The summed E-state index contributed by atoms with van der Waals surface area (Å²) in [5, 5.41) is 8.36. The maximum atomic E-state index is 11.6. The molecule has 0 saturated heterocycles. The second-order valence-electron chi connectivity index (χ2n) is 2.76. The molecule has 0 bridgehead atoms. The van der Waals surface area contributed by atoms with Gasteiger partial charge in [-0.3, -0.25) is 0 Å². The normalized spacial score (nSPS) is 13.1. The van der Waals surface area contributed by atoms with Crippen molar-refractivity contribution in [1.29, 1.82) is 0 Å². The van der Waals surface area contributed by atoms with Gasteiger partial charge in [-0.2, -0.15) is 26.3 Å². The largest absolute Gasteiger partial charge is 0.402 e.